The summed E-state index contributed by atoms with van der Waals surface area (Å²) in [7, 11) is -1.36. The third-order valence-corrected chi connectivity index (χ3v) is 12.1. The van der Waals surface area contributed by atoms with Gasteiger partial charge in [-0.1, -0.05) is 137 Å². The smallest absolute Gasteiger partial charge is 0.253 e. The average molecular weight is 470 g/mol. The maximum absolute atomic E-state index is 13.4. The van der Waals surface area contributed by atoms with Crippen molar-refractivity contribution in [3.63, 3.8) is 0 Å². The zero-order valence-electron chi connectivity index (χ0n) is 23.0. The van der Waals surface area contributed by atoms with Crippen molar-refractivity contribution in [2.45, 2.75) is 169 Å². The first-order valence-electron chi connectivity index (χ1n) is 15.1. The Morgan fingerprint density at radius 1 is 0.406 bits per heavy atom. The second-order valence-electron chi connectivity index (χ2n) is 10.5. The molecule has 0 heterocycles. The number of carbonyl (C=O) groups is 1. The van der Waals surface area contributed by atoms with E-state index in [2.05, 4.69) is 27.7 Å². The molecule has 0 fully saturated rings. The maximum Gasteiger partial charge on any atom is 0.267 e. The number of carbonyl (C=O) groups excluding carboxylic acids is 1. The van der Waals surface area contributed by atoms with Crippen molar-refractivity contribution in [3.05, 3.63) is 0 Å². The molecule has 0 aromatic rings. The van der Waals surface area contributed by atoms with Gasteiger partial charge in [0.2, 0.25) is 0 Å². The summed E-state index contributed by atoms with van der Waals surface area (Å²) in [6, 6.07) is 0. The summed E-state index contributed by atoms with van der Waals surface area (Å²) in [5.41, 5.74) is 0.725. The van der Waals surface area contributed by atoms with Gasteiger partial charge in [-0.25, -0.2) is 0 Å². The van der Waals surface area contributed by atoms with Crippen LogP contribution in [0, 0.1) is 0 Å². The van der Waals surface area contributed by atoms with Crippen LogP contribution in [0.25, 0.3) is 0 Å². The predicted octanol–water partition coefficient (Wildman–Crippen LogP) is 11.2. The molecular weight excluding hydrogens is 407 g/mol. The molecule has 0 unspecified atom stereocenters. The summed E-state index contributed by atoms with van der Waals surface area (Å²) in [6.07, 6.45) is 33.1. The van der Waals surface area contributed by atoms with E-state index in [0.29, 0.717) is 0 Å². The SMILES string of the molecule is CCCCCCCCCCCCCCCCCC(=O)[P+](CCCC)(CCCC)CCCC. The van der Waals surface area contributed by atoms with E-state index in [1.807, 2.05) is 0 Å². The van der Waals surface area contributed by atoms with Gasteiger partial charge >= 0.3 is 0 Å². The highest BCUT2D eigenvalue weighted by molar-refractivity contribution is 7.90. The van der Waals surface area contributed by atoms with Gasteiger partial charge in [-0.15, -0.1) is 0 Å². The van der Waals surface area contributed by atoms with Gasteiger partial charge in [0.15, 0.2) is 0 Å². The molecule has 1 nitrogen and oxygen atoms in total. The summed E-state index contributed by atoms with van der Waals surface area (Å²) in [5, 5.41) is 0. The fraction of sp³-hybridized carbons (Fsp3) is 0.967. The van der Waals surface area contributed by atoms with E-state index in [1.165, 1.54) is 147 Å². The quantitative estimate of drug-likeness (QED) is 0.0909. The molecule has 0 N–H and O–H groups in total. The Balaban J connectivity index is 3.90. The molecule has 0 aliphatic rings. The van der Waals surface area contributed by atoms with Crippen molar-refractivity contribution in [2.75, 3.05) is 18.5 Å². The van der Waals surface area contributed by atoms with E-state index in [1.54, 1.807) is 0 Å². The minimum atomic E-state index is -1.36. The van der Waals surface area contributed by atoms with E-state index in [9.17, 15) is 4.79 Å². The standard InChI is InChI=1S/C30H62OP/c1-5-9-13-14-15-16-17-18-19-20-21-22-23-24-25-26-30(31)32(27-10-6-2,28-11-7-3)29-12-8-4/h5-29H2,1-4H3/q+1. The fourth-order valence-electron chi connectivity index (χ4n) is 4.98. The van der Waals surface area contributed by atoms with Crippen LogP contribution in [0.15, 0.2) is 0 Å². The number of hydrogen-bond donors (Lipinski definition) is 0. The van der Waals surface area contributed by atoms with Crippen LogP contribution in [-0.2, 0) is 4.79 Å². The molecule has 32 heavy (non-hydrogen) atoms. The van der Waals surface area contributed by atoms with Gasteiger partial charge in [0, 0.05) is 6.42 Å². The summed E-state index contributed by atoms with van der Waals surface area (Å²) >= 11 is 0. The molecule has 0 aromatic carbocycles. The van der Waals surface area contributed by atoms with E-state index in [4.69, 9.17) is 0 Å². The minimum absolute atomic E-state index is 0.725. The van der Waals surface area contributed by atoms with E-state index >= 15 is 0 Å². The Morgan fingerprint density at radius 3 is 1.00 bits per heavy atom. The van der Waals surface area contributed by atoms with E-state index < -0.39 is 7.26 Å². The minimum Gasteiger partial charge on any atom is -0.253 e. The largest absolute Gasteiger partial charge is 0.267 e. The first kappa shape index (κ1) is 32.1. The molecule has 0 spiro atoms. The lowest BCUT2D eigenvalue weighted by Crippen LogP contribution is -2.18. The lowest BCUT2D eigenvalue weighted by atomic mass is 10.0. The highest BCUT2D eigenvalue weighted by Crippen LogP contribution is 2.62. The maximum atomic E-state index is 13.4. The van der Waals surface area contributed by atoms with Crippen LogP contribution in [0.5, 0.6) is 0 Å². The molecule has 0 saturated carbocycles. The third kappa shape index (κ3) is 17.6. The lowest BCUT2D eigenvalue weighted by Gasteiger charge is -2.25. The van der Waals surface area contributed by atoms with Gasteiger partial charge in [-0.2, -0.15) is 0 Å². The van der Waals surface area contributed by atoms with Gasteiger partial charge in [0.25, 0.3) is 5.52 Å². The van der Waals surface area contributed by atoms with Crippen LogP contribution in [-0.4, -0.2) is 24.0 Å². The molecule has 0 aliphatic carbocycles. The zero-order chi connectivity index (χ0) is 23.8. The molecule has 0 rings (SSSR count). The van der Waals surface area contributed by atoms with Crippen molar-refractivity contribution in [1.82, 2.24) is 0 Å². The van der Waals surface area contributed by atoms with Crippen LogP contribution >= 0.6 is 7.26 Å². The van der Waals surface area contributed by atoms with Crippen LogP contribution < -0.4 is 0 Å². The molecule has 0 bridgehead atoms. The first-order chi connectivity index (χ1) is 15.7. The van der Waals surface area contributed by atoms with Crippen molar-refractivity contribution in [3.8, 4) is 0 Å². The van der Waals surface area contributed by atoms with Crippen LogP contribution in [0.4, 0.5) is 0 Å². The van der Waals surface area contributed by atoms with Gasteiger partial charge in [0.1, 0.15) is 0 Å². The Morgan fingerprint density at radius 2 is 0.688 bits per heavy atom. The predicted molar refractivity (Wildman–Crippen MR) is 151 cm³/mol. The third-order valence-electron chi connectivity index (χ3n) is 7.34. The van der Waals surface area contributed by atoms with Gasteiger partial charge < -0.3 is 0 Å². The van der Waals surface area contributed by atoms with Crippen molar-refractivity contribution in [1.29, 1.82) is 0 Å². The van der Waals surface area contributed by atoms with Crippen LogP contribution in [0.3, 0.4) is 0 Å². The molecule has 0 saturated heterocycles. The number of hydrogen-bond acceptors (Lipinski definition) is 1. The zero-order valence-corrected chi connectivity index (χ0v) is 23.9. The second-order valence-corrected chi connectivity index (χ2v) is 14.6. The Kier molecular flexibility index (Phi) is 24.3. The van der Waals surface area contributed by atoms with Crippen molar-refractivity contribution < 1.29 is 4.79 Å². The summed E-state index contributed by atoms with van der Waals surface area (Å²) < 4.78 is 0. The van der Waals surface area contributed by atoms with Crippen LogP contribution in [0.1, 0.15) is 169 Å². The molecule has 0 aliphatic heterocycles. The first-order valence-corrected chi connectivity index (χ1v) is 17.4. The Bertz CT molecular complexity index is 371. The topological polar surface area (TPSA) is 17.1 Å². The second kappa shape index (κ2) is 24.2. The van der Waals surface area contributed by atoms with E-state index in [-0.39, 0.29) is 0 Å². The molecule has 0 radical (unpaired) electrons. The summed E-state index contributed by atoms with van der Waals surface area (Å²) in [4.78, 5) is 13.4. The fourth-order valence-corrected chi connectivity index (χ4v) is 9.79. The summed E-state index contributed by atoms with van der Waals surface area (Å²) in [5.74, 6) is 0. The number of unbranched alkanes of at least 4 members (excludes halogenated alkanes) is 17. The molecule has 0 amide bonds. The Hall–Kier alpha value is 0.100. The molecule has 0 aromatic heterocycles. The number of rotatable bonds is 26. The van der Waals surface area contributed by atoms with Crippen LogP contribution in [0.2, 0.25) is 0 Å². The average Bonchev–Trinajstić information content (AvgIpc) is 2.81. The highest BCUT2D eigenvalue weighted by Gasteiger charge is 2.43. The highest BCUT2D eigenvalue weighted by atomic mass is 31.2. The van der Waals surface area contributed by atoms with Crippen molar-refractivity contribution >= 4 is 12.8 Å². The lowest BCUT2D eigenvalue weighted by molar-refractivity contribution is -0.111. The molecule has 2 heteroatoms. The van der Waals surface area contributed by atoms with E-state index in [0.717, 1.165) is 18.4 Å². The molecule has 0 atom stereocenters. The Labute approximate surface area is 205 Å². The van der Waals surface area contributed by atoms with Crippen molar-refractivity contribution in [2.24, 2.45) is 0 Å². The summed E-state index contributed by atoms with van der Waals surface area (Å²) in [6.45, 7) is 9.15. The van der Waals surface area contributed by atoms with Gasteiger partial charge in [0.05, 0.1) is 25.7 Å². The monoisotopic (exact) mass is 469 g/mol. The molecular formula is C30H62OP+. The van der Waals surface area contributed by atoms with Gasteiger partial charge in [-0.05, 0) is 25.7 Å². The normalized spacial score (nSPS) is 11.9. The molecule has 192 valence electrons. The van der Waals surface area contributed by atoms with Gasteiger partial charge in [-0.3, -0.25) is 4.79 Å².